The first-order valence-electron chi connectivity index (χ1n) is 5.47. The molecule has 2 rings (SSSR count). The van der Waals surface area contributed by atoms with E-state index in [2.05, 4.69) is 4.99 Å². The molecule has 4 nitrogen and oxygen atoms in total. The Bertz CT molecular complexity index is 474. The monoisotopic (exact) mass is 231 g/mol. The molecule has 0 fully saturated rings. The minimum Gasteiger partial charge on any atom is -0.476 e. The van der Waals surface area contributed by atoms with Crippen LogP contribution < -0.4 is 0 Å². The van der Waals surface area contributed by atoms with Gasteiger partial charge < -0.3 is 4.74 Å². The van der Waals surface area contributed by atoms with Crippen molar-refractivity contribution in [3.63, 3.8) is 0 Å². The van der Waals surface area contributed by atoms with Crippen molar-refractivity contribution in [1.82, 2.24) is 0 Å². The molecule has 88 valence electrons. The number of ketones is 2. The van der Waals surface area contributed by atoms with Crippen molar-refractivity contribution in [3.05, 3.63) is 35.4 Å². The van der Waals surface area contributed by atoms with E-state index in [9.17, 15) is 9.59 Å². The van der Waals surface area contributed by atoms with Crippen LogP contribution in [0.1, 0.15) is 29.3 Å². The standard InChI is InChI=1S/C13H13NO3/c1-9(15)8-12(16)10-2-4-11(5-3-10)13-14-6-7-17-13/h2-5H,6-8H2,1H3. The van der Waals surface area contributed by atoms with Crippen molar-refractivity contribution < 1.29 is 14.3 Å². The number of hydrogen-bond donors (Lipinski definition) is 0. The summed E-state index contributed by atoms with van der Waals surface area (Å²) < 4.78 is 5.31. The van der Waals surface area contributed by atoms with Crippen LogP contribution in [0.2, 0.25) is 0 Å². The molecule has 0 saturated heterocycles. The molecule has 17 heavy (non-hydrogen) atoms. The van der Waals surface area contributed by atoms with E-state index in [1.54, 1.807) is 24.3 Å². The fraction of sp³-hybridized carbons (Fsp3) is 0.308. The molecule has 1 aliphatic heterocycles. The van der Waals surface area contributed by atoms with Gasteiger partial charge in [-0.1, -0.05) is 12.1 Å². The van der Waals surface area contributed by atoms with Crippen LogP contribution in [0.25, 0.3) is 0 Å². The van der Waals surface area contributed by atoms with Crippen molar-refractivity contribution >= 4 is 17.5 Å². The van der Waals surface area contributed by atoms with Crippen molar-refractivity contribution in [2.75, 3.05) is 13.2 Å². The minimum absolute atomic E-state index is 0.0448. The van der Waals surface area contributed by atoms with Gasteiger partial charge in [-0.05, 0) is 19.1 Å². The van der Waals surface area contributed by atoms with Gasteiger partial charge in [0.15, 0.2) is 5.78 Å². The van der Waals surface area contributed by atoms with E-state index in [0.29, 0.717) is 24.6 Å². The van der Waals surface area contributed by atoms with E-state index < -0.39 is 0 Å². The average molecular weight is 231 g/mol. The zero-order valence-electron chi connectivity index (χ0n) is 9.60. The second-order valence-electron chi connectivity index (χ2n) is 3.91. The van der Waals surface area contributed by atoms with E-state index >= 15 is 0 Å². The fourth-order valence-electron chi connectivity index (χ4n) is 1.64. The molecular weight excluding hydrogens is 218 g/mol. The first-order valence-corrected chi connectivity index (χ1v) is 5.47. The van der Waals surface area contributed by atoms with Gasteiger partial charge in [0.05, 0.1) is 13.0 Å². The molecule has 1 aromatic rings. The predicted molar refractivity (Wildman–Crippen MR) is 63.4 cm³/mol. The number of carbonyl (C=O) groups is 2. The Labute approximate surface area is 99.3 Å². The molecule has 1 heterocycles. The lowest BCUT2D eigenvalue weighted by molar-refractivity contribution is -0.116. The number of benzene rings is 1. The SMILES string of the molecule is CC(=O)CC(=O)c1ccc(C2=NCCO2)cc1. The number of Topliss-reactive ketones (excluding diaryl/α,β-unsaturated/α-hetero) is 2. The third-order valence-corrected chi connectivity index (χ3v) is 2.45. The van der Waals surface area contributed by atoms with Gasteiger partial charge in [0.25, 0.3) is 0 Å². The molecule has 0 aliphatic carbocycles. The van der Waals surface area contributed by atoms with Crippen LogP contribution in [0.4, 0.5) is 0 Å². The van der Waals surface area contributed by atoms with Gasteiger partial charge in [0.2, 0.25) is 5.90 Å². The molecule has 1 aliphatic rings. The van der Waals surface area contributed by atoms with E-state index in [-0.39, 0.29) is 18.0 Å². The lowest BCUT2D eigenvalue weighted by Gasteiger charge is -2.03. The fourth-order valence-corrected chi connectivity index (χ4v) is 1.64. The molecule has 4 heteroatoms. The Kier molecular flexibility index (Phi) is 3.32. The maximum Gasteiger partial charge on any atom is 0.216 e. The molecule has 0 amide bonds. The van der Waals surface area contributed by atoms with Crippen LogP contribution in [-0.2, 0) is 9.53 Å². The topological polar surface area (TPSA) is 55.7 Å². The van der Waals surface area contributed by atoms with Crippen LogP contribution in [0, 0.1) is 0 Å². The smallest absolute Gasteiger partial charge is 0.216 e. The van der Waals surface area contributed by atoms with Crippen LogP contribution in [0.5, 0.6) is 0 Å². The second-order valence-corrected chi connectivity index (χ2v) is 3.91. The van der Waals surface area contributed by atoms with Crippen LogP contribution in [-0.4, -0.2) is 30.6 Å². The Morgan fingerprint density at radius 2 is 2.00 bits per heavy atom. The molecular formula is C13H13NO3. The molecule has 0 atom stereocenters. The lowest BCUT2D eigenvalue weighted by atomic mass is 10.0. The minimum atomic E-state index is -0.154. The number of carbonyl (C=O) groups excluding carboxylic acids is 2. The molecule has 0 N–H and O–H groups in total. The zero-order valence-corrected chi connectivity index (χ0v) is 9.60. The van der Waals surface area contributed by atoms with Crippen LogP contribution in [0.3, 0.4) is 0 Å². The second kappa shape index (κ2) is 4.91. The van der Waals surface area contributed by atoms with E-state index in [1.165, 1.54) is 6.92 Å². The summed E-state index contributed by atoms with van der Waals surface area (Å²) >= 11 is 0. The highest BCUT2D eigenvalue weighted by molar-refractivity contribution is 6.07. The van der Waals surface area contributed by atoms with E-state index in [0.717, 1.165) is 5.56 Å². The van der Waals surface area contributed by atoms with Crippen molar-refractivity contribution in [3.8, 4) is 0 Å². The summed E-state index contributed by atoms with van der Waals surface area (Å²) in [6.07, 6.45) is -0.0448. The number of ether oxygens (including phenoxy) is 1. The summed E-state index contributed by atoms with van der Waals surface area (Å²) in [6, 6.07) is 6.98. The van der Waals surface area contributed by atoms with Crippen LogP contribution in [0.15, 0.2) is 29.3 Å². The predicted octanol–water partition coefficient (Wildman–Crippen LogP) is 1.63. The maximum atomic E-state index is 11.6. The van der Waals surface area contributed by atoms with Crippen molar-refractivity contribution in [2.24, 2.45) is 4.99 Å². The zero-order chi connectivity index (χ0) is 12.3. The Morgan fingerprint density at radius 1 is 1.29 bits per heavy atom. The van der Waals surface area contributed by atoms with Gasteiger partial charge in [0.1, 0.15) is 12.4 Å². The molecule has 0 unspecified atom stereocenters. The van der Waals surface area contributed by atoms with Crippen molar-refractivity contribution in [1.29, 1.82) is 0 Å². The van der Waals surface area contributed by atoms with E-state index in [1.807, 2.05) is 0 Å². The number of nitrogens with zero attached hydrogens (tertiary/aromatic N) is 1. The van der Waals surface area contributed by atoms with E-state index in [4.69, 9.17) is 4.74 Å². The highest BCUT2D eigenvalue weighted by Gasteiger charge is 2.12. The Balaban J connectivity index is 2.12. The summed E-state index contributed by atoms with van der Waals surface area (Å²) in [5, 5.41) is 0. The van der Waals surface area contributed by atoms with Gasteiger partial charge in [-0.3, -0.25) is 9.59 Å². The number of hydrogen-bond acceptors (Lipinski definition) is 4. The largest absolute Gasteiger partial charge is 0.476 e. The number of rotatable bonds is 4. The molecule has 0 spiro atoms. The molecule has 0 radical (unpaired) electrons. The number of aliphatic imine (C=N–C) groups is 1. The summed E-state index contributed by atoms with van der Waals surface area (Å²) in [7, 11) is 0. The third kappa shape index (κ3) is 2.78. The maximum absolute atomic E-state index is 11.6. The summed E-state index contributed by atoms with van der Waals surface area (Å²) in [6.45, 7) is 2.70. The Hall–Kier alpha value is -1.97. The van der Waals surface area contributed by atoms with Gasteiger partial charge in [-0.2, -0.15) is 0 Å². The Morgan fingerprint density at radius 3 is 2.53 bits per heavy atom. The van der Waals surface area contributed by atoms with Gasteiger partial charge in [-0.25, -0.2) is 4.99 Å². The van der Waals surface area contributed by atoms with Gasteiger partial charge in [0, 0.05) is 11.1 Å². The third-order valence-electron chi connectivity index (χ3n) is 2.45. The quantitative estimate of drug-likeness (QED) is 0.584. The molecule has 0 aromatic heterocycles. The first-order chi connectivity index (χ1) is 8.16. The highest BCUT2D eigenvalue weighted by Crippen LogP contribution is 2.11. The van der Waals surface area contributed by atoms with Crippen LogP contribution >= 0.6 is 0 Å². The lowest BCUT2D eigenvalue weighted by Crippen LogP contribution is -2.06. The van der Waals surface area contributed by atoms with Gasteiger partial charge >= 0.3 is 0 Å². The highest BCUT2D eigenvalue weighted by atomic mass is 16.5. The first kappa shape index (κ1) is 11.5. The summed E-state index contributed by atoms with van der Waals surface area (Å²) in [5.41, 5.74) is 1.41. The summed E-state index contributed by atoms with van der Waals surface area (Å²) in [4.78, 5) is 26.6. The molecule has 1 aromatic carbocycles. The average Bonchev–Trinajstić information content (AvgIpc) is 2.82. The van der Waals surface area contributed by atoms with Crippen molar-refractivity contribution in [2.45, 2.75) is 13.3 Å². The molecule has 0 saturated carbocycles. The molecule has 0 bridgehead atoms. The summed E-state index contributed by atoms with van der Waals surface area (Å²) in [5.74, 6) is 0.344. The normalized spacial score (nSPS) is 14.1. The van der Waals surface area contributed by atoms with Gasteiger partial charge in [-0.15, -0.1) is 0 Å².